The van der Waals surface area contributed by atoms with E-state index in [0.717, 1.165) is 68.6 Å². The van der Waals surface area contributed by atoms with E-state index < -0.39 is 0 Å². The van der Waals surface area contributed by atoms with Crippen LogP contribution < -0.4 is 4.90 Å². The van der Waals surface area contributed by atoms with Crippen LogP contribution in [0.4, 0.5) is 5.82 Å². The molecule has 0 atom stereocenters. The third-order valence-corrected chi connectivity index (χ3v) is 6.77. The highest BCUT2D eigenvalue weighted by atomic mass is 16.4. The maximum atomic E-state index is 5.92. The Hall–Kier alpha value is -1.92. The van der Waals surface area contributed by atoms with Crippen LogP contribution in [-0.2, 0) is 6.42 Å². The zero-order valence-electron chi connectivity index (χ0n) is 20.9. The van der Waals surface area contributed by atoms with Crippen LogP contribution in [0, 0.1) is 0 Å². The Labute approximate surface area is 195 Å². The minimum absolute atomic E-state index is 0.622. The molecule has 0 spiro atoms. The highest BCUT2D eigenvalue weighted by Gasteiger charge is 2.24. The number of piperidine rings is 1. The number of hydrogen-bond acceptors (Lipinski definition) is 6. The Morgan fingerprint density at radius 2 is 1.91 bits per heavy atom. The van der Waals surface area contributed by atoms with Crippen molar-refractivity contribution in [2.45, 2.75) is 78.3 Å². The van der Waals surface area contributed by atoms with E-state index in [-0.39, 0.29) is 0 Å². The molecule has 6 heteroatoms. The fraction of sp³-hybridized carbons (Fsp3) is 0.692. The molecule has 0 radical (unpaired) electrons. The zero-order chi connectivity index (χ0) is 22.9. The summed E-state index contributed by atoms with van der Waals surface area (Å²) in [6.45, 7) is 14.8. The highest BCUT2D eigenvalue weighted by molar-refractivity contribution is 5.52. The van der Waals surface area contributed by atoms with Gasteiger partial charge in [0.1, 0.15) is 17.3 Å². The zero-order valence-corrected chi connectivity index (χ0v) is 20.9. The lowest BCUT2D eigenvalue weighted by Gasteiger charge is -2.40. The van der Waals surface area contributed by atoms with Crippen LogP contribution in [0.3, 0.4) is 0 Å². The van der Waals surface area contributed by atoms with Gasteiger partial charge < -0.3 is 19.1 Å². The van der Waals surface area contributed by atoms with E-state index >= 15 is 0 Å². The number of likely N-dealkylation sites (tertiary alicyclic amines) is 1. The second-order valence-corrected chi connectivity index (χ2v) is 9.38. The van der Waals surface area contributed by atoms with Gasteiger partial charge in [-0.1, -0.05) is 26.3 Å². The normalized spacial score (nSPS) is 15.7. The van der Waals surface area contributed by atoms with Crippen LogP contribution in [0.5, 0.6) is 0 Å². The van der Waals surface area contributed by atoms with Gasteiger partial charge in [-0.3, -0.25) is 0 Å². The molecule has 0 aromatic carbocycles. The van der Waals surface area contributed by atoms with Crippen LogP contribution in [0.25, 0.3) is 11.6 Å². The average molecular weight is 442 g/mol. The summed E-state index contributed by atoms with van der Waals surface area (Å²) in [6, 6.07) is 7.50. The van der Waals surface area contributed by atoms with Gasteiger partial charge in [0.05, 0.1) is 6.20 Å². The molecular formula is C26H43N5O. The molecule has 2 aromatic heterocycles. The quantitative estimate of drug-likeness (QED) is 0.457. The summed E-state index contributed by atoms with van der Waals surface area (Å²) in [5.41, 5.74) is 0.809. The van der Waals surface area contributed by atoms with Crippen molar-refractivity contribution in [2.75, 3.05) is 44.7 Å². The van der Waals surface area contributed by atoms with Gasteiger partial charge in [0.25, 0.3) is 0 Å². The molecular weight excluding hydrogens is 398 g/mol. The monoisotopic (exact) mass is 441 g/mol. The highest BCUT2D eigenvalue weighted by Crippen LogP contribution is 2.22. The molecule has 3 heterocycles. The largest absolute Gasteiger partial charge is 0.440 e. The molecule has 1 aliphatic rings. The summed E-state index contributed by atoms with van der Waals surface area (Å²) in [5, 5.41) is 0. The Bertz CT molecular complexity index is 797. The Morgan fingerprint density at radius 3 is 2.59 bits per heavy atom. The van der Waals surface area contributed by atoms with Crippen LogP contribution in [-0.4, -0.2) is 71.6 Å². The van der Waals surface area contributed by atoms with Crippen molar-refractivity contribution in [3.63, 3.8) is 0 Å². The van der Waals surface area contributed by atoms with Crippen molar-refractivity contribution >= 4 is 5.82 Å². The Morgan fingerprint density at radius 1 is 1.12 bits per heavy atom. The molecule has 1 fully saturated rings. The third kappa shape index (κ3) is 6.79. The first-order chi connectivity index (χ1) is 15.5. The topological polar surface area (TPSA) is 48.6 Å². The van der Waals surface area contributed by atoms with Crippen molar-refractivity contribution in [3.8, 4) is 11.6 Å². The minimum atomic E-state index is 0.622. The molecule has 32 heavy (non-hydrogen) atoms. The van der Waals surface area contributed by atoms with Crippen molar-refractivity contribution in [1.29, 1.82) is 0 Å². The Kier molecular flexibility index (Phi) is 9.54. The number of aryl methyl sites for hydroxylation is 1. The van der Waals surface area contributed by atoms with Crippen LogP contribution in [0.2, 0.25) is 0 Å². The maximum Gasteiger partial charge on any atom is 0.245 e. The third-order valence-electron chi connectivity index (χ3n) is 6.77. The van der Waals surface area contributed by atoms with E-state index in [4.69, 9.17) is 9.40 Å². The first-order valence-electron chi connectivity index (χ1n) is 12.6. The average Bonchev–Trinajstić information content (AvgIpc) is 3.29. The molecule has 0 aliphatic carbocycles. The van der Waals surface area contributed by atoms with Gasteiger partial charge in [0, 0.05) is 38.6 Å². The summed E-state index contributed by atoms with van der Waals surface area (Å²) in [5.74, 6) is 2.54. The summed E-state index contributed by atoms with van der Waals surface area (Å²) in [7, 11) is 2.13. The lowest BCUT2D eigenvalue weighted by Crippen LogP contribution is -2.47. The van der Waals surface area contributed by atoms with Crippen LogP contribution >= 0.6 is 0 Å². The van der Waals surface area contributed by atoms with Crippen LogP contribution in [0.15, 0.2) is 28.8 Å². The number of anilines is 1. The Balaban J connectivity index is 1.50. The summed E-state index contributed by atoms with van der Waals surface area (Å²) in [4.78, 5) is 16.8. The summed E-state index contributed by atoms with van der Waals surface area (Å²) >= 11 is 0. The standard InChI is InChI=1S/C26H43N5O/c1-6-8-11-23-20-27-26(32-23)24-12-9-13-25(28-24)29(5)16-10-17-30(7-2)22-14-18-31(19-15-22)21(3)4/h9,12-13,20-22H,6-8,10-11,14-19H2,1-5H3. The number of hydrogen-bond donors (Lipinski definition) is 0. The molecule has 1 saturated heterocycles. The molecule has 1 aliphatic heterocycles. The number of rotatable bonds is 12. The number of oxazole rings is 1. The second-order valence-electron chi connectivity index (χ2n) is 9.38. The van der Waals surface area contributed by atoms with Crippen molar-refractivity contribution in [3.05, 3.63) is 30.2 Å². The van der Waals surface area contributed by atoms with Gasteiger partial charge in [0.2, 0.25) is 5.89 Å². The lowest BCUT2D eigenvalue weighted by atomic mass is 10.0. The van der Waals surface area contributed by atoms with E-state index in [1.807, 2.05) is 18.3 Å². The molecule has 0 bridgehead atoms. The van der Waals surface area contributed by atoms with Gasteiger partial charge in [-0.15, -0.1) is 0 Å². The molecule has 3 rings (SSSR count). The van der Waals surface area contributed by atoms with E-state index in [9.17, 15) is 0 Å². The first kappa shape index (κ1) is 24.7. The second kappa shape index (κ2) is 12.4. The number of pyridine rings is 1. The fourth-order valence-electron chi connectivity index (χ4n) is 4.64. The van der Waals surface area contributed by atoms with E-state index in [1.165, 1.54) is 25.9 Å². The SMILES string of the molecule is CCCCc1cnc(-c2cccc(N(C)CCCN(CC)C3CCN(C(C)C)CC3)n2)o1. The van der Waals surface area contributed by atoms with Gasteiger partial charge in [0.15, 0.2) is 0 Å². The van der Waals surface area contributed by atoms with Gasteiger partial charge in [-0.05, 0) is 71.3 Å². The summed E-state index contributed by atoms with van der Waals surface area (Å²) in [6.07, 6.45) is 8.78. The number of unbranched alkanes of at least 4 members (excludes halogenated alkanes) is 1. The molecule has 178 valence electrons. The number of aromatic nitrogens is 2. The van der Waals surface area contributed by atoms with Crippen LogP contribution in [0.1, 0.15) is 65.6 Å². The fourth-order valence-corrected chi connectivity index (χ4v) is 4.64. The molecule has 0 amide bonds. The molecule has 0 unspecified atom stereocenters. The maximum absolute atomic E-state index is 5.92. The van der Waals surface area contributed by atoms with Crippen molar-refractivity contribution in [2.24, 2.45) is 0 Å². The van der Waals surface area contributed by atoms with E-state index in [1.54, 1.807) is 0 Å². The summed E-state index contributed by atoms with van der Waals surface area (Å²) < 4.78 is 5.92. The molecule has 0 saturated carbocycles. The predicted molar refractivity (Wildman–Crippen MR) is 133 cm³/mol. The lowest BCUT2D eigenvalue weighted by molar-refractivity contribution is 0.0949. The van der Waals surface area contributed by atoms with E-state index in [2.05, 4.69) is 60.5 Å². The molecule has 0 N–H and O–H groups in total. The first-order valence-corrected chi connectivity index (χ1v) is 12.6. The number of nitrogens with zero attached hydrogens (tertiary/aromatic N) is 5. The smallest absolute Gasteiger partial charge is 0.245 e. The van der Waals surface area contributed by atoms with E-state index in [0.29, 0.717) is 11.9 Å². The van der Waals surface area contributed by atoms with Crippen molar-refractivity contribution in [1.82, 2.24) is 19.8 Å². The van der Waals surface area contributed by atoms with Gasteiger partial charge in [-0.25, -0.2) is 9.97 Å². The van der Waals surface area contributed by atoms with Gasteiger partial charge >= 0.3 is 0 Å². The van der Waals surface area contributed by atoms with Crippen molar-refractivity contribution < 1.29 is 4.42 Å². The minimum Gasteiger partial charge on any atom is -0.440 e. The molecule has 2 aromatic rings. The predicted octanol–water partition coefficient (Wildman–Crippen LogP) is 5.10. The molecule has 6 nitrogen and oxygen atoms in total. The van der Waals surface area contributed by atoms with Gasteiger partial charge in [-0.2, -0.15) is 0 Å².